The molecule has 1 unspecified atom stereocenters. The van der Waals surface area contributed by atoms with Gasteiger partial charge in [-0.25, -0.2) is 0 Å². The third kappa shape index (κ3) is 3.01. The molecule has 0 saturated heterocycles. The van der Waals surface area contributed by atoms with Crippen molar-refractivity contribution >= 4 is 0 Å². The first-order chi connectivity index (χ1) is 9.73. The number of hydrogen-bond acceptors (Lipinski definition) is 2. The van der Waals surface area contributed by atoms with Crippen molar-refractivity contribution in [1.82, 2.24) is 9.88 Å². The van der Waals surface area contributed by atoms with E-state index >= 15 is 0 Å². The second-order valence-corrected chi connectivity index (χ2v) is 7.63. The number of rotatable bonds is 2. The molecule has 2 nitrogen and oxygen atoms in total. The first-order valence-electron chi connectivity index (χ1n) is 8.45. The Hall–Kier alpha value is -0.890. The smallest absolute Gasteiger partial charge is 0.0488 e. The van der Waals surface area contributed by atoms with Crippen LogP contribution in [-0.2, 0) is 0 Å². The molecule has 1 aliphatic rings. The molecule has 1 aliphatic heterocycles. The summed E-state index contributed by atoms with van der Waals surface area (Å²) in [5.74, 6) is 2.28. The molecule has 0 saturated carbocycles. The summed E-state index contributed by atoms with van der Waals surface area (Å²) in [7, 11) is 2.27. The Labute approximate surface area is 131 Å². The molecular weight excluding hydrogens is 256 g/mol. The fourth-order valence-electron chi connectivity index (χ4n) is 3.68. The molecule has 118 valence electrons. The molecule has 1 aromatic heterocycles. The van der Waals surface area contributed by atoms with Gasteiger partial charge in [0.2, 0.25) is 0 Å². The fraction of sp³-hybridized carbons (Fsp3) is 0.737. The number of aromatic nitrogens is 1. The van der Waals surface area contributed by atoms with Gasteiger partial charge in [0.05, 0.1) is 0 Å². The van der Waals surface area contributed by atoms with Crippen LogP contribution in [-0.4, -0.2) is 29.5 Å². The van der Waals surface area contributed by atoms with Gasteiger partial charge in [-0.3, -0.25) is 4.98 Å². The zero-order valence-electron chi connectivity index (χ0n) is 15.1. The van der Waals surface area contributed by atoms with Gasteiger partial charge in [-0.05, 0) is 49.9 Å². The lowest BCUT2D eigenvalue weighted by atomic mass is 9.80. The second-order valence-electron chi connectivity index (χ2n) is 7.63. The summed E-state index contributed by atoms with van der Waals surface area (Å²) < 4.78 is 0. The van der Waals surface area contributed by atoms with Crippen LogP contribution >= 0.6 is 0 Å². The van der Waals surface area contributed by atoms with Gasteiger partial charge < -0.3 is 4.90 Å². The van der Waals surface area contributed by atoms with Crippen LogP contribution in [0, 0.1) is 12.8 Å². The maximum atomic E-state index is 4.99. The van der Waals surface area contributed by atoms with E-state index in [0.29, 0.717) is 29.7 Å². The molecule has 2 rings (SSSR count). The summed E-state index contributed by atoms with van der Waals surface area (Å²) in [5.41, 5.74) is 5.60. The van der Waals surface area contributed by atoms with Gasteiger partial charge in [-0.1, -0.05) is 34.6 Å². The van der Waals surface area contributed by atoms with Crippen molar-refractivity contribution in [2.45, 2.75) is 72.3 Å². The van der Waals surface area contributed by atoms with Gasteiger partial charge in [0.25, 0.3) is 0 Å². The Morgan fingerprint density at radius 3 is 2.33 bits per heavy atom. The van der Waals surface area contributed by atoms with Crippen molar-refractivity contribution in [3.63, 3.8) is 0 Å². The van der Waals surface area contributed by atoms with E-state index in [1.807, 2.05) is 0 Å². The lowest BCUT2D eigenvalue weighted by Gasteiger charge is -2.29. The van der Waals surface area contributed by atoms with Crippen LogP contribution in [0.25, 0.3) is 0 Å². The molecule has 2 heteroatoms. The number of fused-ring (bicyclic) bond motifs is 1. The van der Waals surface area contributed by atoms with E-state index in [2.05, 4.69) is 66.5 Å². The lowest BCUT2D eigenvalue weighted by molar-refractivity contribution is 0.216. The summed E-state index contributed by atoms with van der Waals surface area (Å²) in [6, 6.07) is 2.86. The number of aryl methyl sites for hydroxylation is 1. The molecule has 0 amide bonds. The molecule has 3 atom stereocenters. The average molecular weight is 288 g/mol. The van der Waals surface area contributed by atoms with Crippen LogP contribution in [0.15, 0.2) is 6.07 Å². The number of hydrogen-bond donors (Lipinski definition) is 0. The van der Waals surface area contributed by atoms with E-state index in [-0.39, 0.29) is 0 Å². The van der Waals surface area contributed by atoms with E-state index in [1.54, 1.807) is 5.56 Å². The number of pyridine rings is 1. The summed E-state index contributed by atoms with van der Waals surface area (Å²) in [4.78, 5) is 7.51. The highest BCUT2D eigenvalue weighted by Gasteiger charge is 2.34. The lowest BCUT2D eigenvalue weighted by Crippen LogP contribution is -2.34. The van der Waals surface area contributed by atoms with E-state index in [9.17, 15) is 0 Å². The maximum absolute atomic E-state index is 4.99. The third-order valence-electron chi connectivity index (χ3n) is 5.38. The Morgan fingerprint density at radius 1 is 1.19 bits per heavy atom. The van der Waals surface area contributed by atoms with E-state index < -0.39 is 0 Å². The Kier molecular flexibility index (Phi) is 4.77. The van der Waals surface area contributed by atoms with Gasteiger partial charge >= 0.3 is 0 Å². The van der Waals surface area contributed by atoms with Gasteiger partial charge in [0, 0.05) is 35.8 Å². The maximum Gasteiger partial charge on any atom is 0.0488 e. The van der Waals surface area contributed by atoms with Crippen molar-refractivity contribution in [1.29, 1.82) is 0 Å². The number of likely N-dealkylation sites (N-methyl/N-ethyl adjacent to an activating group) is 1. The largest absolute Gasteiger partial charge is 0.302 e. The first-order valence-corrected chi connectivity index (χ1v) is 8.45. The SMILES string of the molecule is Cc1cc(C(C)C)c2c(n1)[C@H](C)[C@H](C)N(C)CC2C(C)C. The van der Waals surface area contributed by atoms with Crippen LogP contribution in [0.3, 0.4) is 0 Å². The van der Waals surface area contributed by atoms with E-state index in [1.165, 1.54) is 17.0 Å². The Morgan fingerprint density at radius 2 is 1.81 bits per heavy atom. The molecule has 0 radical (unpaired) electrons. The molecule has 0 aromatic carbocycles. The first kappa shape index (κ1) is 16.5. The molecule has 21 heavy (non-hydrogen) atoms. The predicted octanol–water partition coefficient (Wildman–Crippen LogP) is 4.69. The minimum absolute atomic E-state index is 0.492. The standard InChI is InChI=1S/C19H32N2/c1-11(2)16-9-13(5)20-19-14(6)15(7)21(8)10-17(12(3)4)18(16)19/h9,11-12,14-15,17H,10H2,1-8H3/t14-,15+,17?/m1/s1. The molecule has 2 heterocycles. The average Bonchev–Trinajstić information content (AvgIpc) is 2.49. The van der Waals surface area contributed by atoms with Crippen molar-refractivity contribution in [2.24, 2.45) is 5.92 Å². The predicted molar refractivity (Wildman–Crippen MR) is 91.1 cm³/mol. The highest BCUT2D eigenvalue weighted by Crippen LogP contribution is 2.41. The van der Waals surface area contributed by atoms with Gasteiger partial charge in [0.15, 0.2) is 0 Å². The monoisotopic (exact) mass is 288 g/mol. The minimum atomic E-state index is 0.492. The summed E-state index contributed by atoms with van der Waals surface area (Å²) in [5, 5.41) is 0. The van der Waals surface area contributed by atoms with Crippen molar-refractivity contribution < 1.29 is 0 Å². The molecule has 0 N–H and O–H groups in total. The van der Waals surface area contributed by atoms with E-state index in [0.717, 1.165) is 6.54 Å². The van der Waals surface area contributed by atoms with Crippen LogP contribution in [0.5, 0.6) is 0 Å². The topological polar surface area (TPSA) is 16.1 Å². The molecule has 0 aliphatic carbocycles. The second kappa shape index (κ2) is 6.08. The zero-order chi connectivity index (χ0) is 15.9. The van der Waals surface area contributed by atoms with Gasteiger partial charge in [0.1, 0.15) is 0 Å². The van der Waals surface area contributed by atoms with Crippen molar-refractivity contribution in [2.75, 3.05) is 13.6 Å². The number of nitrogens with zero attached hydrogens (tertiary/aromatic N) is 2. The van der Waals surface area contributed by atoms with Gasteiger partial charge in [-0.15, -0.1) is 0 Å². The summed E-state index contributed by atoms with van der Waals surface area (Å²) >= 11 is 0. The van der Waals surface area contributed by atoms with Gasteiger partial charge in [-0.2, -0.15) is 0 Å². The molecule has 0 fully saturated rings. The summed E-state index contributed by atoms with van der Waals surface area (Å²) in [6.45, 7) is 17.3. The highest BCUT2D eigenvalue weighted by molar-refractivity contribution is 5.41. The van der Waals surface area contributed by atoms with Crippen molar-refractivity contribution in [3.8, 4) is 0 Å². The molecule has 1 aromatic rings. The zero-order valence-corrected chi connectivity index (χ0v) is 15.1. The highest BCUT2D eigenvalue weighted by atomic mass is 15.1. The molecule has 0 spiro atoms. The fourth-order valence-corrected chi connectivity index (χ4v) is 3.68. The third-order valence-corrected chi connectivity index (χ3v) is 5.38. The van der Waals surface area contributed by atoms with Crippen molar-refractivity contribution in [3.05, 3.63) is 28.6 Å². The van der Waals surface area contributed by atoms with Crippen LogP contribution in [0.2, 0.25) is 0 Å². The van der Waals surface area contributed by atoms with Crippen LogP contribution in [0.1, 0.15) is 81.8 Å². The summed E-state index contributed by atoms with van der Waals surface area (Å²) in [6.07, 6.45) is 0. The van der Waals surface area contributed by atoms with Crippen LogP contribution in [0.4, 0.5) is 0 Å². The Balaban J connectivity index is 2.71. The van der Waals surface area contributed by atoms with E-state index in [4.69, 9.17) is 4.98 Å². The quantitative estimate of drug-likeness (QED) is 0.785. The molecular formula is C19H32N2. The molecule has 0 bridgehead atoms. The normalized spacial score (nSPS) is 27.0. The minimum Gasteiger partial charge on any atom is -0.302 e. The van der Waals surface area contributed by atoms with Crippen LogP contribution < -0.4 is 0 Å². The Bertz CT molecular complexity index is 505.